The molecular weight excluding hydrogens is 371 g/mol. The largest absolute Gasteiger partial charge is 0.496 e. The van der Waals surface area contributed by atoms with Gasteiger partial charge in [-0.3, -0.25) is 4.79 Å². The molecule has 2 aromatic rings. The van der Waals surface area contributed by atoms with Gasteiger partial charge < -0.3 is 10.1 Å². The van der Waals surface area contributed by atoms with Crippen LogP contribution in [-0.4, -0.2) is 38.5 Å². The molecule has 0 bridgehead atoms. The van der Waals surface area contributed by atoms with E-state index >= 15 is 0 Å². The Morgan fingerprint density at radius 2 is 1.81 bits per heavy atom. The van der Waals surface area contributed by atoms with Crippen LogP contribution in [0.3, 0.4) is 0 Å². The second-order valence-corrected chi connectivity index (χ2v) is 8.04. The van der Waals surface area contributed by atoms with Gasteiger partial charge in [0, 0.05) is 31.6 Å². The summed E-state index contributed by atoms with van der Waals surface area (Å²) in [5, 5.41) is 2.76. The van der Waals surface area contributed by atoms with Gasteiger partial charge in [0.2, 0.25) is 15.9 Å². The number of para-hydroxylation sites is 1. The molecule has 0 atom stereocenters. The summed E-state index contributed by atoms with van der Waals surface area (Å²) in [6.07, 6.45) is 1.10. The number of benzene rings is 2. The van der Waals surface area contributed by atoms with E-state index in [0.29, 0.717) is 17.9 Å². The molecule has 2 rings (SSSR count). The maximum absolute atomic E-state index is 13.0. The van der Waals surface area contributed by atoms with Gasteiger partial charge in [-0.05, 0) is 23.8 Å². The summed E-state index contributed by atoms with van der Waals surface area (Å²) < 4.78 is 43.4. The average Bonchev–Trinajstić information content (AvgIpc) is 2.64. The van der Waals surface area contributed by atoms with Gasteiger partial charge in [0.05, 0.1) is 13.4 Å². The number of sulfonamides is 1. The van der Waals surface area contributed by atoms with Crippen molar-refractivity contribution in [2.75, 3.05) is 19.9 Å². The predicted octanol–water partition coefficient (Wildman–Crippen LogP) is 2.30. The van der Waals surface area contributed by atoms with Crippen molar-refractivity contribution < 1.29 is 22.3 Å². The normalized spacial score (nSPS) is 11.4. The summed E-state index contributed by atoms with van der Waals surface area (Å²) in [7, 11) is -1.95. The molecular formula is C19H23FN2O4S. The molecule has 1 N–H and O–H groups in total. The topological polar surface area (TPSA) is 75.7 Å². The number of hydrogen-bond donors (Lipinski definition) is 1. The Kier molecular flexibility index (Phi) is 7.32. The molecule has 8 heteroatoms. The van der Waals surface area contributed by atoms with Crippen LogP contribution < -0.4 is 10.1 Å². The van der Waals surface area contributed by atoms with Gasteiger partial charge >= 0.3 is 0 Å². The van der Waals surface area contributed by atoms with E-state index in [0.717, 1.165) is 11.8 Å². The van der Waals surface area contributed by atoms with Crippen LogP contribution in [0.25, 0.3) is 0 Å². The summed E-state index contributed by atoms with van der Waals surface area (Å²) in [6, 6.07) is 12.9. The number of hydrogen-bond acceptors (Lipinski definition) is 4. The van der Waals surface area contributed by atoms with Gasteiger partial charge in [-0.2, -0.15) is 4.31 Å². The first kappa shape index (κ1) is 20.9. The van der Waals surface area contributed by atoms with E-state index in [9.17, 15) is 17.6 Å². The highest BCUT2D eigenvalue weighted by Gasteiger charge is 2.18. The molecule has 0 aromatic heterocycles. The highest BCUT2D eigenvalue weighted by molar-refractivity contribution is 7.88. The third kappa shape index (κ3) is 6.65. The molecule has 0 heterocycles. The summed E-state index contributed by atoms with van der Waals surface area (Å²) in [5.74, 6) is 0.0147. The number of methoxy groups -OCH3 is 1. The van der Waals surface area contributed by atoms with Crippen molar-refractivity contribution in [2.45, 2.75) is 19.5 Å². The molecule has 0 aliphatic rings. The first-order valence-electron chi connectivity index (χ1n) is 8.38. The van der Waals surface area contributed by atoms with Crippen LogP contribution in [0.4, 0.5) is 4.39 Å². The van der Waals surface area contributed by atoms with E-state index in [-0.39, 0.29) is 31.2 Å². The van der Waals surface area contributed by atoms with Gasteiger partial charge in [0.25, 0.3) is 0 Å². The lowest BCUT2D eigenvalue weighted by molar-refractivity contribution is -0.121. The summed E-state index contributed by atoms with van der Waals surface area (Å²) in [6.45, 7) is 0.409. The zero-order chi connectivity index (χ0) is 19.9. The molecule has 0 saturated carbocycles. The Bertz CT molecular complexity index is 870. The second-order valence-electron chi connectivity index (χ2n) is 6.06. The smallest absolute Gasteiger partial charge is 0.221 e. The van der Waals surface area contributed by atoms with Crippen molar-refractivity contribution in [3.05, 3.63) is 65.5 Å². The Morgan fingerprint density at radius 3 is 2.44 bits per heavy atom. The highest BCUT2D eigenvalue weighted by Crippen LogP contribution is 2.16. The lowest BCUT2D eigenvalue weighted by Gasteiger charge is -2.20. The molecule has 0 aliphatic carbocycles. The van der Waals surface area contributed by atoms with Gasteiger partial charge in [-0.1, -0.05) is 30.3 Å². The minimum Gasteiger partial charge on any atom is -0.496 e. The molecule has 1 amide bonds. The standard InChI is InChI=1S/C19H23FN2O4S/c1-26-18-6-4-3-5-16(18)13-21-19(23)11-12-22(27(2,24)25)14-15-7-9-17(20)10-8-15/h3-10H,11-14H2,1-2H3,(H,21,23). The maximum Gasteiger partial charge on any atom is 0.221 e. The Labute approximate surface area is 159 Å². The molecule has 27 heavy (non-hydrogen) atoms. The molecule has 0 fully saturated rings. The second kappa shape index (κ2) is 9.48. The monoisotopic (exact) mass is 394 g/mol. The molecule has 0 unspecified atom stereocenters. The van der Waals surface area contributed by atoms with Crippen molar-refractivity contribution in [1.82, 2.24) is 9.62 Å². The zero-order valence-corrected chi connectivity index (χ0v) is 16.1. The van der Waals surface area contributed by atoms with Crippen LogP contribution in [0.15, 0.2) is 48.5 Å². The van der Waals surface area contributed by atoms with Gasteiger partial charge in [-0.25, -0.2) is 12.8 Å². The average molecular weight is 394 g/mol. The zero-order valence-electron chi connectivity index (χ0n) is 15.3. The molecule has 0 aliphatic heterocycles. The number of carbonyl (C=O) groups excluding carboxylic acids is 1. The minimum absolute atomic E-state index is 0.0173. The van der Waals surface area contributed by atoms with Crippen LogP contribution in [0, 0.1) is 5.82 Å². The van der Waals surface area contributed by atoms with Crippen LogP contribution in [0.1, 0.15) is 17.5 Å². The number of rotatable bonds is 9. The van der Waals surface area contributed by atoms with Crippen LogP contribution >= 0.6 is 0 Å². The van der Waals surface area contributed by atoms with Crippen molar-refractivity contribution >= 4 is 15.9 Å². The number of halogens is 1. The Morgan fingerprint density at radius 1 is 1.15 bits per heavy atom. The third-order valence-electron chi connectivity index (χ3n) is 4.00. The van der Waals surface area contributed by atoms with Gasteiger partial charge in [0.15, 0.2) is 0 Å². The lowest BCUT2D eigenvalue weighted by Crippen LogP contribution is -2.34. The molecule has 0 radical (unpaired) electrons. The van der Waals surface area contributed by atoms with Crippen molar-refractivity contribution in [2.24, 2.45) is 0 Å². The minimum atomic E-state index is -3.51. The van der Waals surface area contributed by atoms with Crippen molar-refractivity contribution in [3.63, 3.8) is 0 Å². The number of amides is 1. The molecule has 6 nitrogen and oxygen atoms in total. The van der Waals surface area contributed by atoms with E-state index in [1.807, 2.05) is 18.2 Å². The van der Waals surface area contributed by atoms with E-state index < -0.39 is 10.0 Å². The summed E-state index contributed by atoms with van der Waals surface area (Å²) in [4.78, 5) is 12.1. The number of nitrogens with one attached hydrogen (secondary N) is 1. The van der Waals surface area contributed by atoms with Crippen molar-refractivity contribution in [3.8, 4) is 5.75 Å². The van der Waals surface area contributed by atoms with Gasteiger partial charge in [-0.15, -0.1) is 0 Å². The van der Waals surface area contributed by atoms with Crippen LogP contribution in [-0.2, 0) is 27.9 Å². The highest BCUT2D eigenvalue weighted by atomic mass is 32.2. The van der Waals surface area contributed by atoms with E-state index in [1.54, 1.807) is 13.2 Å². The third-order valence-corrected chi connectivity index (χ3v) is 5.25. The fraction of sp³-hybridized carbons (Fsp3) is 0.316. The SMILES string of the molecule is COc1ccccc1CNC(=O)CCN(Cc1ccc(F)cc1)S(C)(=O)=O. The fourth-order valence-corrected chi connectivity index (χ4v) is 3.32. The molecule has 0 saturated heterocycles. The lowest BCUT2D eigenvalue weighted by atomic mass is 10.2. The summed E-state index contributed by atoms with van der Waals surface area (Å²) in [5.41, 5.74) is 1.48. The summed E-state index contributed by atoms with van der Waals surface area (Å²) >= 11 is 0. The van der Waals surface area contributed by atoms with E-state index in [2.05, 4.69) is 5.32 Å². The Hall–Kier alpha value is -2.45. The fourth-order valence-electron chi connectivity index (χ4n) is 2.51. The number of carbonyl (C=O) groups is 1. The molecule has 0 spiro atoms. The molecule has 146 valence electrons. The first-order valence-corrected chi connectivity index (χ1v) is 10.2. The number of nitrogens with zero attached hydrogens (tertiary/aromatic N) is 1. The van der Waals surface area contributed by atoms with Crippen LogP contribution in [0.5, 0.6) is 5.75 Å². The predicted molar refractivity (Wildman–Crippen MR) is 101 cm³/mol. The number of ether oxygens (including phenoxy) is 1. The van der Waals surface area contributed by atoms with Gasteiger partial charge in [0.1, 0.15) is 11.6 Å². The van der Waals surface area contributed by atoms with Crippen molar-refractivity contribution in [1.29, 1.82) is 0 Å². The first-order chi connectivity index (χ1) is 12.8. The van der Waals surface area contributed by atoms with E-state index in [1.165, 1.54) is 28.6 Å². The molecule has 2 aromatic carbocycles. The quantitative estimate of drug-likeness (QED) is 0.708. The van der Waals surface area contributed by atoms with E-state index in [4.69, 9.17) is 4.74 Å². The Balaban J connectivity index is 1.92. The van der Waals surface area contributed by atoms with Crippen LogP contribution in [0.2, 0.25) is 0 Å². The maximum atomic E-state index is 13.0.